The Hall–Kier alpha value is 0.730. The van der Waals surface area contributed by atoms with Crippen molar-refractivity contribution in [1.82, 2.24) is 0 Å². The molecule has 0 aromatic carbocycles. The van der Waals surface area contributed by atoms with Crippen molar-refractivity contribution in [3.8, 4) is 0 Å². The Morgan fingerprint density at radius 3 is 1.92 bits per heavy atom. The van der Waals surface area contributed by atoms with Gasteiger partial charge in [-0.05, 0) is 12.8 Å². The average molecular weight is 211 g/mol. The molecule has 72 valence electrons. The van der Waals surface area contributed by atoms with Gasteiger partial charge in [-0.25, -0.2) is 0 Å². The molecule has 0 spiro atoms. The van der Waals surface area contributed by atoms with E-state index in [1.807, 2.05) is 0 Å². The Morgan fingerprint density at radius 2 is 1.46 bits per heavy atom. The summed E-state index contributed by atoms with van der Waals surface area (Å²) in [5.41, 5.74) is 0. The maximum absolute atomic E-state index is 10.0. The fraction of sp³-hybridized carbons (Fsp3) is 0.900. The predicted octanol–water partition coefficient (Wildman–Crippen LogP) is 1.50. The maximum Gasteiger partial charge on any atom is 2.00 e. The monoisotopic (exact) mass is 211 g/mol. The summed E-state index contributed by atoms with van der Waals surface area (Å²) in [7, 11) is 0. The minimum absolute atomic E-state index is 0. The molecule has 0 unspecified atom stereocenters. The second-order valence-corrected chi connectivity index (χ2v) is 3.24. The van der Waals surface area contributed by atoms with Crippen LogP contribution in [0.3, 0.4) is 0 Å². The number of hydrogen-bond acceptors (Lipinski definition) is 2. The second kappa shape index (κ2) is 12.7. The van der Waals surface area contributed by atoms with Crippen molar-refractivity contribution in [1.29, 1.82) is 0 Å². The standard InChI is InChI=1S/C10H20O2.Ca/c1-2-3-4-5-6-7-8-9-10(11)12;/h2-9H2,1H3,(H,11,12);/q;+2/p-1. The molecule has 13 heavy (non-hydrogen) atoms. The van der Waals surface area contributed by atoms with Crippen molar-refractivity contribution in [2.75, 3.05) is 0 Å². The summed E-state index contributed by atoms with van der Waals surface area (Å²) >= 11 is 0. The Balaban J connectivity index is 0. The van der Waals surface area contributed by atoms with Gasteiger partial charge in [0.1, 0.15) is 0 Å². The van der Waals surface area contributed by atoms with Crippen LogP contribution in [0.2, 0.25) is 0 Å². The van der Waals surface area contributed by atoms with Crippen LogP contribution in [-0.2, 0) is 4.79 Å². The molecular weight excluding hydrogens is 192 g/mol. The van der Waals surface area contributed by atoms with Gasteiger partial charge < -0.3 is 9.90 Å². The molecule has 0 aliphatic rings. The molecule has 0 atom stereocenters. The normalized spacial score (nSPS) is 9.31. The number of rotatable bonds is 8. The van der Waals surface area contributed by atoms with Gasteiger partial charge in [-0.15, -0.1) is 0 Å². The van der Waals surface area contributed by atoms with E-state index in [1.165, 1.54) is 32.1 Å². The Labute approximate surface area is 111 Å². The van der Waals surface area contributed by atoms with E-state index in [2.05, 4.69) is 6.92 Å². The molecule has 0 N–H and O–H groups in total. The van der Waals surface area contributed by atoms with Crippen LogP contribution in [0.4, 0.5) is 0 Å². The summed E-state index contributed by atoms with van der Waals surface area (Å²) in [5.74, 6) is -0.913. The third-order valence-electron chi connectivity index (χ3n) is 1.98. The molecule has 0 fully saturated rings. The number of aliphatic carboxylic acids is 1. The molecule has 0 aliphatic carbocycles. The van der Waals surface area contributed by atoms with Gasteiger partial charge in [-0.3, -0.25) is 0 Å². The van der Waals surface area contributed by atoms with Crippen LogP contribution < -0.4 is 5.11 Å². The molecule has 3 heteroatoms. The van der Waals surface area contributed by atoms with Gasteiger partial charge >= 0.3 is 37.7 Å². The van der Waals surface area contributed by atoms with E-state index in [9.17, 15) is 9.90 Å². The van der Waals surface area contributed by atoms with E-state index in [1.54, 1.807) is 0 Å². The topological polar surface area (TPSA) is 40.1 Å². The van der Waals surface area contributed by atoms with E-state index in [-0.39, 0.29) is 44.2 Å². The largest absolute Gasteiger partial charge is 2.00 e. The van der Waals surface area contributed by atoms with E-state index in [4.69, 9.17) is 0 Å². The van der Waals surface area contributed by atoms with Crippen molar-refractivity contribution in [2.24, 2.45) is 0 Å². The minimum Gasteiger partial charge on any atom is -0.550 e. The zero-order chi connectivity index (χ0) is 9.23. The number of carboxylic acid groups (broad SMARTS) is 1. The molecule has 0 saturated carbocycles. The molecule has 0 aliphatic heterocycles. The number of carbonyl (C=O) groups excluding carboxylic acids is 1. The van der Waals surface area contributed by atoms with E-state index in [0.717, 1.165) is 12.8 Å². The quantitative estimate of drug-likeness (QED) is 0.451. The molecule has 0 aromatic heterocycles. The second-order valence-electron chi connectivity index (χ2n) is 3.24. The van der Waals surface area contributed by atoms with Gasteiger partial charge in [0.15, 0.2) is 0 Å². The number of carbonyl (C=O) groups is 1. The molecule has 0 saturated heterocycles. The zero-order valence-corrected chi connectivity index (χ0v) is 10.9. The van der Waals surface area contributed by atoms with Crippen molar-refractivity contribution >= 4 is 43.7 Å². The smallest absolute Gasteiger partial charge is 0.550 e. The van der Waals surface area contributed by atoms with Crippen molar-refractivity contribution < 1.29 is 9.90 Å². The summed E-state index contributed by atoms with van der Waals surface area (Å²) in [6.07, 6.45) is 8.34. The van der Waals surface area contributed by atoms with Crippen LogP contribution in [0.1, 0.15) is 58.3 Å². The van der Waals surface area contributed by atoms with Gasteiger partial charge in [0.25, 0.3) is 0 Å². The first-order chi connectivity index (χ1) is 5.77. The van der Waals surface area contributed by atoms with Gasteiger partial charge in [0.05, 0.1) is 0 Å². The fourth-order valence-electron chi connectivity index (χ4n) is 1.23. The molecule has 2 nitrogen and oxygen atoms in total. The van der Waals surface area contributed by atoms with Crippen molar-refractivity contribution in [3.05, 3.63) is 0 Å². The van der Waals surface area contributed by atoms with Crippen molar-refractivity contribution in [2.45, 2.75) is 58.3 Å². The Morgan fingerprint density at radius 1 is 1.00 bits per heavy atom. The first-order valence-corrected chi connectivity index (χ1v) is 4.97. The molecular formula is C10H19CaO2+. The molecule has 0 aromatic rings. The predicted molar refractivity (Wildman–Crippen MR) is 53.4 cm³/mol. The van der Waals surface area contributed by atoms with Crippen LogP contribution in [0.15, 0.2) is 0 Å². The summed E-state index contributed by atoms with van der Waals surface area (Å²) in [4.78, 5) is 10.0. The van der Waals surface area contributed by atoms with Crippen LogP contribution in [-0.4, -0.2) is 43.7 Å². The first kappa shape index (κ1) is 16.2. The van der Waals surface area contributed by atoms with Crippen LogP contribution in [0, 0.1) is 0 Å². The number of unbranched alkanes of at least 4 members (excludes halogenated alkanes) is 6. The first-order valence-electron chi connectivity index (χ1n) is 4.97. The van der Waals surface area contributed by atoms with Crippen LogP contribution in [0.25, 0.3) is 0 Å². The van der Waals surface area contributed by atoms with Gasteiger partial charge in [0, 0.05) is 5.97 Å². The fourth-order valence-corrected chi connectivity index (χ4v) is 1.23. The van der Waals surface area contributed by atoms with E-state index in [0.29, 0.717) is 0 Å². The third-order valence-corrected chi connectivity index (χ3v) is 1.98. The summed E-state index contributed by atoms with van der Waals surface area (Å²) in [6.45, 7) is 2.19. The van der Waals surface area contributed by atoms with Gasteiger partial charge in [0.2, 0.25) is 0 Å². The Bertz CT molecular complexity index is 115. The summed E-state index contributed by atoms with van der Waals surface area (Å²) in [5, 5.41) is 10.0. The summed E-state index contributed by atoms with van der Waals surface area (Å²) < 4.78 is 0. The molecule has 0 heterocycles. The van der Waals surface area contributed by atoms with E-state index >= 15 is 0 Å². The van der Waals surface area contributed by atoms with Crippen molar-refractivity contribution in [3.63, 3.8) is 0 Å². The summed E-state index contributed by atoms with van der Waals surface area (Å²) in [6, 6.07) is 0. The average Bonchev–Trinajstić information content (AvgIpc) is 2.02. The Kier molecular flexibility index (Phi) is 15.8. The SMILES string of the molecule is CCCCCCCCCC(=O)[O-].[Ca+2]. The van der Waals surface area contributed by atoms with Crippen LogP contribution in [0.5, 0.6) is 0 Å². The zero-order valence-electron chi connectivity index (χ0n) is 8.68. The third kappa shape index (κ3) is 15.5. The number of carboxylic acids is 1. The van der Waals surface area contributed by atoms with E-state index < -0.39 is 5.97 Å². The maximum atomic E-state index is 10.0. The van der Waals surface area contributed by atoms with Gasteiger partial charge in [-0.1, -0.05) is 45.4 Å². The molecule has 0 rings (SSSR count). The molecule has 0 radical (unpaired) electrons. The van der Waals surface area contributed by atoms with Gasteiger partial charge in [-0.2, -0.15) is 0 Å². The molecule has 0 amide bonds. The number of hydrogen-bond donors (Lipinski definition) is 0. The molecule has 0 bridgehead atoms. The van der Waals surface area contributed by atoms with Crippen LogP contribution >= 0.6 is 0 Å². The minimum atomic E-state index is -0.913.